The molecule has 0 heterocycles. The molecule has 35 heavy (non-hydrogen) atoms. The number of benzene rings is 3. The number of rotatable bonds is 11. The molecular weight excluding hydrogens is 470 g/mol. The quantitative estimate of drug-likeness (QED) is 0.392. The van der Waals surface area contributed by atoms with E-state index in [0.717, 1.165) is 4.31 Å². The summed E-state index contributed by atoms with van der Waals surface area (Å²) < 4.78 is 43.4. The molecule has 0 atom stereocenters. The number of hydrazine groups is 1. The maximum Gasteiger partial charge on any atom is 0.264 e. The van der Waals surface area contributed by atoms with E-state index in [1.54, 1.807) is 60.7 Å². The van der Waals surface area contributed by atoms with Gasteiger partial charge >= 0.3 is 0 Å². The van der Waals surface area contributed by atoms with Gasteiger partial charge in [0.2, 0.25) is 0 Å². The number of ether oxygens (including phenoxy) is 3. The summed E-state index contributed by atoms with van der Waals surface area (Å²) in [5.74, 6) is 1.01. The van der Waals surface area contributed by atoms with E-state index in [-0.39, 0.29) is 4.90 Å². The van der Waals surface area contributed by atoms with Crippen LogP contribution in [0.4, 0.5) is 5.69 Å². The summed E-state index contributed by atoms with van der Waals surface area (Å²) in [7, 11) is 0.532. The average molecular weight is 498 g/mol. The molecule has 3 aromatic rings. The van der Waals surface area contributed by atoms with Crippen molar-refractivity contribution in [2.45, 2.75) is 4.90 Å². The highest BCUT2D eigenvalue weighted by atomic mass is 32.2. The van der Waals surface area contributed by atoms with Gasteiger partial charge in [0.1, 0.15) is 12.3 Å². The molecule has 0 bridgehead atoms. The highest BCUT2D eigenvalue weighted by Crippen LogP contribution is 2.29. The fraction of sp³-hybridized carbons (Fsp3) is 0.160. The number of nitrogens with one attached hydrogen (secondary N) is 2. The molecule has 9 nitrogen and oxygen atoms in total. The minimum Gasteiger partial charge on any atom is -0.497 e. The summed E-state index contributed by atoms with van der Waals surface area (Å²) in [6.07, 6.45) is 0. The second-order valence-electron chi connectivity index (χ2n) is 7.24. The summed E-state index contributed by atoms with van der Waals surface area (Å²) >= 11 is 0. The second kappa shape index (κ2) is 11.3. The minimum absolute atomic E-state index is 0.0614. The molecule has 2 N–H and O–H groups in total. The summed E-state index contributed by atoms with van der Waals surface area (Å²) in [5, 5.41) is 0. The summed E-state index contributed by atoms with van der Waals surface area (Å²) in [6, 6.07) is 19.4. The molecule has 0 saturated heterocycles. The van der Waals surface area contributed by atoms with Crippen LogP contribution in [0.1, 0.15) is 5.56 Å². The van der Waals surface area contributed by atoms with E-state index in [1.807, 2.05) is 0 Å². The van der Waals surface area contributed by atoms with Gasteiger partial charge in [-0.15, -0.1) is 0 Å². The Balaban J connectivity index is 1.78. The molecule has 0 saturated carbocycles. The molecular formula is C25H27N3O6S. The molecule has 0 aliphatic heterocycles. The predicted molar refractivity (Wildman–Crippen MR) is 134 cm³/mol. The van der Waals surface area contributed by atoms with Gasteiger partial charge in [0, 0.05) is 5.56 Å². The third-order valence-corrected chi connectivity index (χ3v) is 6.85. The van der Waals surface area contributed by atoms with Crippen LogP contribution in [0, 0.1) is 0 Å². The van der Waals surface area contributed by atoms with Crippen LogP contribution in [0.5, 0.6) is 17.2 Å². The summed E-state index contributed by atoms with van der Waals surface area (Å²) in [6.45, 7) is 3.44. The fourth-order valence-corrected chi connectivity index (χ4v) is 4.64. The molecule has 3 aromatic carbocycles. The monoisotopic (exact) mass is 497 g/mol. The van der Waals surface area contributed by atoms with Crippen LogP contribution in [-0.4, -0.2) is 42.2 Å². The van der Waals surface area contributed by atoms with Gasteiger partial charge in [-0.25, -0.2) is 8.42 Å². The van der Waals surface area contributed by atoms with E-state index in [0.29, 0.717) is 34.2 Å². The van der Waals surface area contributed by atoms with Crippen molar-refractivity contribution in [1.29, 1.82) is 0 Å². The largest absolute Gasteiger partial charge is 0.497 e. The molecule has 0 aliphatic carbocycles. The Bertz CT molecular complexity index is 1280. The van der Waals surface area contributed by atoms with Crippen LogP contribution in [-0.2, 0) is 14.8 Å². The first-order chi connectivity index (χ1) is 16.8. The first-order valence-electron chi connectivity index (χ1n) is 10.5. The number of amides is 1. The molecule has 10 heteroatoms. The molecule has 3 rings (SSSR count). The first kappa shape index (κ1) is 25.4. The van der Waals surface area contributed by atoms with E-state index in [9.17, 15) is 13.2 Å². The SMILES string of the molecule is C=C(NNC(=O)CN(c1ccc(OC)cc1)S(=O)(=O)c1ccccc1)c1ccc(OC)c(OC)c1. The lowest BCUT2D eigenvalue weighted by Crippen LogP contribution is -2.45. The van der Waals surface area contributed by atoms with Crippen molar-refractivity contribution in [3.63, 3.8) is 0 Å². The fourth-order valence-electron chi connectivity index (χ4n) is 3.19. The van der Waals surface area contributed by atoms with Crippen LogP contribution in [0.3, 0.4) is 0 Å². The van der Waals surface area contributed by atoms with Gasteiger partial charge in [0.15, 0.2) is 11.5 Å². The Labute approximate surface area is 205 Å². The van der Waals surface area contributed by atoms with Crippen LogP contribution < -0.4 is 29.4 Å². The summed E-state index contributed by atoms with van der Waals surface area (Å²) in [5.41, 5.74) is 6.55. The minimum atomic E-state index is -4.03. The maximum absolute atomic E-state index is 13.4. The van der Waals surface area contributed by atoms with Gasteiger partial charge in [-0.1, -0.05) is 24.8 Å². The zero-order valence-corrected chi connectivity index (χ0v) is 20.5. The van der Waals surface area contributed by atoms with Crippen molar-refractivity contribution >= 4 is 27.3 Å². The maximum atomic E-state index is 13.4. The van der Waals surface area contributed by atoms with Crippen molar-refractivity contribution in [3.8, 4) is 17.2 Å². The Morgan fingerprint density at radius 1 is 0.857 bits per heavy atom. The lowest BCUT2D eigenvalue weighted by molar-refractivity contribution is -0.120. The standard InChI is InChI=1S/C25H27N3O6S/c1-18(19-10-15-23(33-3)24(16-19)34-4)26-27-25(29)17-28(20-11-13-21(32-2)14-12-20)35(30,31)22-8-6-5-7-9-22/h5-16,26H,1,17H2,2-4H3,(H,27,29). The highest BCUT2D eigenvalue weighted by molar-refractivity contribution is 7.92. The van der Waals surface area contributed by atoms with Crippen molar-refractivity contribution in [2.75, 3.05) is 32.2 Å². The van der Waals surface area contributed by atoms with E-state index in [1.165, 1.54) is 33.5 Å². The van der Waals surface area contributed by atoms with E-state index in [4.69, 9.17) is 14.2 Å². The van der Waals surface area contributed by atoms with Gasteiger partial charge < -0.3 is 14.2 Å². The Kier molecular flexibility index (Phi) is 8.21. The smallest absolute Gasteiger partial charge is 0.264 e. The van der Waals surface area contributed by atoms with Gasteiger partial charge in [0.25, 0.3) is 15.9 Å². The normalized spacial score (nSPS) is 10.7. The number of sulfonamides is 1. The zero-order valence-electron chi connectivity index (χ0n) is 19.6. The molecule has 0 spiro atoms. The predicted octanol–water partition coefficient (Wildman–Crippen LogP) is 3.20. The molecule has 0 aliphatic rings. The first-order valence-corrected chi connectivity index (χ1v) is 11.9. The van der Waals surface area contributed by atoms with E-state index in [2.05, 4.69) is 17.4 Å². The van der Waals surface area contributed by atoms with Crippen LogP contribution >= 0.6 is 0 Å². The third-order valence-electron chi connectivity index (χ3n) is 5.06. The number of methoxy groups -OCH3 is 3. The molecule has 1 amide bonds. The van der Waals surface area contributed by atoms with Gasteiger partial charge in [-0.2, -0.15) is 0 Å². The number of anilines is 1. The number of carbonyl (C=O) groups excluding carboxylic acids is 1. The average Bonchev–Trinajstić information content (AvgIpc) is 2.90. The van der Waals surface area contributed by atoms with Crippen LogP contribution in [0.25, 0.3) is 5.70 Å². The number of nitrogens with zero attached hydrogens (tertiary/aromatic N) is 1. The van der Waals surface area contributed by atoms with E-state index < -0.39 is 22.5 Å². The number of hydrogen-bond acceptors (Lipinski definition) is 7. The van der Waals surface area contributed by atoms with Gasteiger partial charge in [-0.3, -0.25) is 20.0 Å². The van der Waals surface area contributed by atoms with Crippen LogP contribution in [0.15, 0.2) is 84.3 Å². The van der Waals surface area contributed by atoms with Crippen molar-refractivity contribution in [2.24, 2.45) is 0 Å². The van der Waals surface area contributed by atoms with Crippen molar-refractivity contribution < 1.29 is 27.4 Å². The Morgan fingerprint density at radius 3 is 2.11 bits per heavy atom. The molecule has 0 aromatic heterocycles. The molecule has 0 fully saturated rings. The highest BCUT2D eigenvalue weighted by Gasteiger charge is 2.27. The molecule has 0 unspecified atom stereocenters. The lowest BCUT2D eigenvalue weighted by Gasteiger charge is -2.24. The number of hydrogen-bond donors (Lipinski definition) is 2. The molecule has 184 valence electrons. The van der Waals surface area contributed by atoms with Crippen molar-refractivity contribution in [1.82, 2.24) is 10.9 Å². The topological polar surface area (TPSA) is 106 Å². The summed E-state index contributed by atoms with van der Waals surface area (Å²) in [4.78, 5) is 12.9. The third kappa shape index (κ3) is 6.04. The Morgan fingerprint density at radius 2 is 1.51 bits per heavy atom. The second-order valence-corrected chi connectivity index (χ2v) is 9.11. The Hall–Kier alpha value is -4.18. The lowest BCUT2D eigenvalue weighted by atomic mass is 10.1. The van der Waals surface area contributed by atoms with Crippen LogP contribution in [0.2, 0.25) is 0 Å². The number of carbonyl (C=O) groups is 1. The van der Waals surface area contributed by atoms with Gasteiger partial charge in [0.05, 0.1) is 37.6 Å². The van der Waals surface area contributed by atoms with E-state index >= 15 is 0 Å². The zero-order chi connectivity index (χ0) is 25.4. The van der Waals surface area contributed by atoms with Crippen molar-refractivity contribution in [3.05, 3.63) is 84.9 Å². The van der Waals surface area contributed by atoms with Gasteiger partial charge in [-0.05, 0) is 54.6 Å². The molecule has 0 radical (unpaired) electrons.